The van der Waals surface area contributed by atoms with Gasteiger partial charge in [0, 0.05) is 0 Å². The van der Waals surface area contributed by atoms with Crippen molar-refractivity contribution in [3.8, 4) is 5.75 Å². The zero-order valence-corrected chi connectivity index (χ0v) is 14.2. The smallest absolute Gasteiger partial charge is 0.360 e. The van der Waals surface area contributed by atoms with Crippen LogP contribution in [0.1, 0.15) is 21.5 Å². The van der Waals surface area contributed by atoms with Crippen LogP contribution in [-0.4, -0.2) is 5.97 Å². The minimum Gasteiger partial charge on any atom is -0.408 e. The van der Waals surface area contributed by atoms with Gasteiger partial charge in [-0.3, -0.25) is 0 Å². The van der Waals surface area contributed by atoms with Crippen LogP contribution in [0.15, 0.2) is 84.9 Å². The van der Waals surface area contributed by atoms with Crippen LogP contribution in [0.25, 0.3) is 0 Å². The van der Waals surface area contributed by atoms with E-state index in [-0.39, 0.29) is 0 Å². The third kappa shape index (κ3) is 5.17. The molecule has 0 bridgehead atoms. The minimum absolute atomic E-state index is 0.341. The number of carbonyl (C=O) groups excluding carboxylic acids is 1. The maximum absolute atomic E-state index is 12.3. The predicted molar refractivity (Wildman–Crippen MR) is 99.0 cm³/mol. The molecule has 5 nitrogen and oxygen atoms in total. The third-order valence-electron chi connectivity index (χ3n) is 3.69. The zero-order chi connectivity index (χ0) is 18.0. The van der Waals surface area contributed by atoms with Crippen LogP contribution in [0, 0.1) is 0 Å². The molecule has 0 heterocycles. The van der Waals surface area contributed by atoms with Crippen molar-refractivity contribution in [1.82, 2.24) is 11.0 Å². The first-order valence-electron chi connectivity index (χ1n) is 8.33. The highest BCUT2D eigenvalue weighted by Gasteiger charge is 2.14. The molecule has 2 N–H and O–H groups in total. The number of hydroxylamine groups is 2. The molecule has 5 heteroatoms. The molecule has 0 saturated heterocycles. The fourth-order valence-electron chi connectivity index (χ4n) is 2.35. The Labute approximate surface area is 152 Å². The maximum atomic E-state index is 12.3. The Kier molecular flexibility index (Phi) is 6.36. The summed E-state index contributed by atoms with van der Waals surface area (Å²) in [6.45, 7) is 0.957. The number of nitrogens with one attached hydrogen (secondary N) is 2. The van der Waals surface area contributed by atoms with Gasteiger partial charge in [-0.1, -0.05) is 72.8 Å². The quantitative estimate of drug-likeness (QED) is 0.609. The van der Waals surface area contributed by atoms with Crippen LogP contribution in [0.3, 0.4) is 0 Å². The lowest BCUT2D eigenvalue weighted by atomic mass is 10.2. The normalized spacial score (nSPS) is 10.3. The molecule has 0 aliphatic heterocycles. The standard InChI is InChI=1S/C21H20N2O3/c24-21(26-23-16-18-11-5-2-6-12-18)19-13-7-8-14-20(19)25-22-15-17-9-3-1-4-10-17/h1-14,22-23H,15-16H2. The average Bonchev–Trinajstić information content (AvgIpc) is 2.70. The van der Waals surface area contributed by atoms with E-state index in [2.05, 4.69) is 11.0 Å². The summed E-state index contributed by atoms with van der Waals surface area (Å²) in [5.41, 5.74) is 8.00. The van der Waals surface area contributed by atoms with Crippen LogP contribution < -0.4 is 15.8 Å². The first kappa shape index (κ1) is 17.7. The van der Waals surface area contributed by atoms with Crippen molar-refractivity contribution in [1.29, 1.82) is 0 Å². The van der Waals surface area contributed by atoms with E-state index in [0.29, 0.717) is 24.4 Å². The minimum atomic E-state index is -0.502. The van der Waals surface area contributed by atoms with Gasteiger partial charge in [0.15, 0.2) is 5.75 Å². The van der Waals surface area contributed by atoms with Crippen molar-refractivity contribution in [3.05, 3.63) is 102 Å². The molecule has 0 unspecified atom stereocenters. The Morgan fingerprint density at radius 3 is 1.88 bits per heavy atom. The van der Waals surface area contributed by atoms with Crippen molar-refractivity contribution in [2.75, 3.05) is 0 Å². The molecule has 26 heavy (non-hydrogen) atoms. The van der Waals surface area contributed by atoms with Crippen molar-refractivity contribution in [2.24, 2.45) is 0 Å². The molecule has 3 aromatic rings. The SMILES string of the molecule is O=C(ONCc1ccccc1)c1ccccc1ONCc1ccccc1. The predicted octanol–water partition coefficient (Wildman–Crippen LogP) is 3.63. The number of rotatable bonds is 8. The summed E-state index contributed by atoms with van der Waals surface area (Å²) in [6, 6.07) is 26.5. The van der Waals surface area contributed by atoms with Gasteiger partial charge in [0.05, 0.1) is 13.1 Å². The summed E-state index contributed by atoms with van der Waals surface area (Å²) in [5, 5.41) is 0. The van der Waals surface area contributed by atoms with E-state index in [1.165, 1.54) is 0 Å². The molecule has 0 aliphatic carbocycles. The molecular formula is C21H20N2O3. The molecule has 0 aromatic heterocycles. The van der Waals surface area contributed by atoms with E-state index in [4.69, 9.17) is 9.68 Å². The highest BCUT2D eigenvalue weighted by atomic mass is 16.7. The van der Waals surface area contributed by atoms with Gasteiger partial charge in [-0.25, -0.2) is 4.79 Å². The van der Waals surface area contributed by atoms with Crippen LogP contribution in [-0.2, 0) is 17.9 Å². The van der Waals surface area contributed by atoms with Crippen LogP contribution in [0.4, 0.5) is 0 Å². The topological polar surface area (TPSA) is 59.6 Å². The first-order valence-corrected chi connectivity index (χ1v) is 8.33. The van der Waals surface area contributed by atoms with Gasteiger partial charge < -0.3 is 9.68 Å². The number of hydrogen-bond acceptors (Lipinski definition) is 5. The summed E-state index contributed by atoms with van der Waals surface area (Å²) in [6.07, 6.45) is 0. The third-order valence-corrected chi connectivity index (χ3v) is 3.69. The van der Waals surface area contributed by atoms with Crippen molar-refractivity contribution in [2.45, 2.75) is 13.1 Å². The van der Waals surface area contributed by atoms with Crippen molar-refractivity contribution < 1.29 is 14.5 Å². The van der Waals surface area contributed by atoms with Gasteiger partial charge in [0.2, 0.25) is 0 Å². The molecular weight excluding hydrogens is 328 g/mol. The summed E-state index contributed by atoms with van der Waals surface area (Å²) in [4.78, 5) is 23.0. The van der Waals surface area contributed by atoms with Gasteiger partial charge in [0.25, 0.3) is 0 Å². The molecule has 132 valence electrons. The van der Waals surface area contributed by atoms with Gasteiger partial charge >= 0.3 is 5.97 Å². The number of para-hydroxylation sites is 1. The number of benzene rings is 3. The Morgan fingerprint density at radius 2 is 1.23 bits per heavy atom. The van der Waals surface area contributed by atoms with Crippen LogP contribution in [0.2, 0.25) is 0 Å². The Morgan fingerprint density at radius 1 is 0.692 bits per heavy atom. The average molecular weight is 348 g/mol. The zero-order valence-electron chi connectivity index (χ0n) is 14.2. The molecule has 0 aliphatic rings. The van der Waals surface area contributed by atoms with E-state index >= 15 is 0 Å². The molecule has 0 atom stereocenters. The molecule has 0 radical (unpaired) electrons. The summed E-state index contributed by atoms with van der Waals surface area (Å²) < 4.78 is 0. The summed E-state index contributed by atoms with van der Waals surface area (Å²) in [7, 11) is 0. The van der Waals surface area contributed by atoms with Gasteiger partial charge in [-0.2, -0.15) is 5.48 Å². The fourth-order valence-corrected chi connectivity index (χ4v) is 2.35. The van der Waals surface area contributed by atoms with E-state index in [1.807, 2.05) is 60.7 Å². The lowest BCUT2D eigenvalue weighted by Crippen LogP contribution is -2.22. The maximum Gasteiger partial charge on any atom is 0.360 e. The van der Waals surface area contributed by atoms with Gasteiger partial charge in [-0.05, 0) is 23.3 Å². The molecule has 0 spiro atoms. The lowest BCUT2D eigenvalue weighted by molar-refractivity contribution is 0.0230. The second-order valence-electron chi connectivity index (χ2n) is 5.60. The van der Waals surface area contributed by atoms with E-state index in [1.54, 1.807) is 24.3 Å². The van der Waals surface area contributed by atoms with E-state index < -0.39 is 5.97 Å². The highest BCUT2D eigenvalue weighted by Crippen LogP contribution is 2.18. The van der Waals surface area contributed by atoms with E-state index in [9.17, 15) is 4.79 Å². The van der Waals surface area contributed by atoms with Crippen LogP contribution in [0.5, 0.6) is 5.75 Å². The van der Waals surface area contributed by atoms with Crippen molar-refractivity contribution >= 4 is 5.97 Å². The molecule has 0 saturated carbocycles. The lowest BCUT2D eigenvalue weighted by Gasteiger charge is -2.11. The number of carbonyl (C=O) groups is 1. The summed E-state index contributed by atoms with van der Waals surface area (Å²) >= 11 is 0. The molecule has 3 aromatic carbocycles. The first-order chi connectivity index (χ1) is 12.8. The van der Waals surface area contributed by atoms with E-state index in [0.717, 1.165) is 11.1 Å². The second-order valence-corrected chi connectivity index (χ2v) is 5.60. The van der Waals surface area contributed by atoms with Gasteiger partial charge in [-0.15, -0.1) is 5.48 Å². The Hall–Kier alpha value is -3.15. The highest BCUT2D eigenvalue weighted by molar-refractivity contribution is 5.92. The fraction of sp³-hybridized carbons (Fsp3) is 0.0952. The Bertz CT molecular complexity index is 823. The Balaban J connectivity index is 1.53. The van der Waals surface area contributed by atoms with Crippen molar-refractivity contribution in [3.63, 3.8) is 0 Å². The number of hydrogen-bond donors (Lipinski definition) is 2. The molecule has 0 amide bonds. The second kappa shape index (κ2) is 9.36. The largest absolute Gasteiger partial charge is 0.408 e. The van der Waals surface area contributed by atoms with Gasteiger partial charge in [0.1, 0.15) is 5.56 Å². The molecule has 3 rings (SSSR count). The monoisotopic (exact) mass is 348 g/mol. The van der Waals surface area contributed by atoms with Crippen LogP contribution >= 0.6 is 0 Å². The summed E-state index contributed by atoms with van der Waals surface area (Å²) in [5.74, 6) is -0.0898. The molecule has 0 fully saturated rings.